The smallest absolute Gasteiger partial charge is 0.323 e. The lowest BCUT2D eigenvalue weighted by Crippen LogP contribution is -2.33. The third-order valence-electron chi connectivity index (χ3n) is 3.09. The van der Waals surface area contributed by atoms with Crippen molar-refractivity contribution in [2.75, 3.05) is 18.4 Å². The maximum atomic E-state index is 11.9. The van der Waals surface area contributed by atoms with E-state index >= 15 is 0 Å². The lowest BCUT2D eigenvalue weighted by molar-refractivity contribution is -0.141. The molecule has 2 heterocycles. The fourth-order valence-electron chi connectivity index (χ4n) is 2.04. The molecule has 1 fully saturated rings. The molecule has 2 amide bonds. The minimum Gasteiger partial charge on any atom is -0.481 e. The third-order valence-corrected chi connectivity index (χ3v) is 4.06. The van der Waals surface area contributed by atoms with Crippen LogP contribution >= 0.6 is 11.3 Å². The number of hydrogen-bond acceptors (Lipinski definition) is 4. The largest absolute Gasteiger partial charge is 0.481 e. The van der Waals surface area contributed by atoms with Gasteiger partial charge < -0.3 is 10.0 Å². The molecule has 2 N–H and O–H groups in total. The van der Waals surface area contributed by atoms with Crippen LogP contribution in [-0.2, 0) is 11.2 Å². The summed E-state index contributed by atoms with van der Waals surface area (Å²) in [6.07, 6.45) is 4.29. The van der Waals surface area contributed by atoms with Crippen molar-refractivity contribution in [3.8, 4) is 0 Å². The number of carbonyl (C=O) groups excluding carboxylic acids is 1. The fraction of sp³-hybridized carbons (Fsp3) is 0.583. The van der Waals surface area contributed by atoms with Crippen molar-refractivity contribution in [2.45, 2.75) is 26.2 Å². The van der Waals surface area contributed by atoms with E-state index in [2.05, 4.69) is 17.2 Å². The van der Waals surface area contributed by atoms with Crippen molar-refractivity contribution in [3.63, 3.8) is 0 Å². The summed E-state index contributed by atoms with van der Waals surface area (Å²) in [4.78, 5) is 29.6. The van der Waals surface area contributed by atoms with Crippen molar-refractivity contribution >= 4 is 28.5 Å². The molecular formula is C12H17N3O3S. The van der Waals surface area contributed by atoms with Crippen LogP contribution in [0.1, 0.15) is 24.6 Å². The van der Waals surface area contributed by atoms with Crippen LogP contribution in [0.15, 0.2) is 6.20 Å². The first-order valence-corrected chi connectivity index (χ1v) is 7.15. The van der Waals surface area contributed by atoms with Gasteiger partial charge in [0.1, 0.15) is 0 Å². The Bertz CT molecular complexity index is 475. The van der Waals surface area contributed by atoms with Gasteiger partial charge in [0.15, 0.2) is 5.13 Å². The zero-order valence-electron chi connectivity index (χ0n) is 10.8. The lowest BCUT2D eigenvalue weighted by Gasteiger charge is -2.15. The average molecular weight is 283 g/mol. The van der Waals surface area contributed by atoms with Gasteiger partial charge in [0.2, 0.25) is 0 Å². The van der Waals surface area contributed by atoms with E-state index in [1.54, 1.807) is 6.20 Å². The van der Waals surface area contributed by atoms with Crippen LogP contribution in [0.25, 0.3) is 0 Å². The van der Waals surface area contributed by atoms with Crippen LogP contribution in [0.5, 0.6) is 0 Å². The summed E-state index contributed by atoms with van der Waals surface area (Å²) in [5.41, 5.74) is 0. The highest BCUT2D eigenvalue weighted by atomic mass is 32.1. The number of rotatable bonds is 4. The van der Waals surface area contributed by atoms with Gasteiger partial charge in [-0.2, -0.15) is 0 Å². The second-order valence-corrected chi connectivity index (χ2v) is 5.70. The third kappa shape index (κ3) is 3.44. The first-order valence-electron chi connectivity index (χ1n) is 6.33. The molecule has 1 unspecified atom stereocenters. The molecule has 0 saturated carbocycles. The number of nitrogens with one attached hydrogen (secondary N) is 1. The SMILES string of the molecule is CCCc1cnc(NC(=O)N2CCC(C(=O)O)C2)s1. The maximum absolute atomic E-state index is 11.9. The minimum atomic E-state index is -0.838. The van der Waals surface area contributed by atoms with Crippen molar-refractivity contribution < 1.29 is 14.7 Å². The number of aliphatic carboxylic acids is 1. The minimum absolute atomic E-state index is 0.263. The van der Waals surface area contributed by atoms with Crippen LogP contribution in [0.4, 0.5) is 9.93 Å². The normalized spacial score (nSPS) is 18.6. The predicted octanol–water partition coefficient (Wildman–Crippen LogP) is 2.03. The molecule has 0 bridgehead atoms. The van der Waals surface area contributed by atoms with Gasteiger partial charge in [-0.1, -0.05) is 13.3 Å². The van der Waals surface area contributed by atoms with Gasteiger partial charge in [-0.15, -0.1) is 11.3 Å². The summed E-state index contributed by atoms with van der Waals surface area (Å²) in [5, 5.41) is 12.2. The Morgan fingerprint density at radius 2 is 2.42 bits per heavy atom. The van der Waals surface area contributed by atoms with Crippen LogP contribution in [0, 0.1) is 5.92 Å². The standard InChI is InChI=1S/C12H17N3O3S/c1-2-3-9-6-13-11(19-9)14-12(18)15-5-4-8(7-15)10(16)17/h6,8H,2-5,7H2,1H3,(H,16,17)(H,13,14,18). The second-order valence-electron chi connectivity index (χ2n) is 4.58. The van der Waals surface area contributed by atoms with Crippen LogP contribution < -0.4 is 5.32 Å². The van der Waals surface area contributed by atoms with E-state index in [0.29, 0.717) is 18.1 Å². The molecule has 6 nitrogen and oxygen atoms in total. The van der Waals surface area contributed by atoms with Crippen LogP contribution in [0.3, 0.4) is 0 Å². The summed E-state index contributed by atoms with van der Waals surface area (Å²) in [6.45, 7) is 2.85. The van der Waals surface area contributed by atoms with Gasteiger partial charge >= 0.3 is 12.0 Å². The molecular weight excluding hydrogens is 266 g/mol. The van der Waals surface area contributed by atoms with E-state index in [4.69, 9.17) is 5.11 Å². The van der Waals surface area contributed by atoms with Crippen molar-refractivity contribution in [1.29, 1.82) is 0 Å². The topological polar surface area (TPSA) is 82.5 Å². The number of aryl methyl sites for hydroxylation is 1. The van der Waals surface area contributed by atoms with Gasteiger partial charge in [0.05, 0.1) is 5.92 Å². The summed E-state index contributed by atoms with van der Waals surface area (Å²) < 4.78 is 0. The van der Waals surface area contributed by atoms with Gasteiger partial charge in [-0.25, -0.2) is 9.78 Å². The lowest BCUT2D eigenvalue weighted by atomic mass is 10.1. The Hall–Kier alpha value is -1.63. The zero-order valence-corrected chi connectivity index (χ0v) is 11.6. The number of anilines is 1. The number of thiazole rings is 1. The zero-order chi connectivity index (χ0) is 13.8. The highest BCUT2D eigenvalue weighted by Crippen LogP contribution is 2.21. The van der Waals surface area contributed by atoms with E-state index in [0.717, 1.165) is 17.7 Å². The van der Waals surface area contributed by atoms with Gasteiger partial charge in [-0.3, -0.25) is 10.1 Å². The Morgan fingerprint density at radius 1 is 1.63 bits per heavy atom. The van der Waals surface area contributed by atoms with Gasteiger partial charge in [0.25, 0.3) is 0 Å². The molecule has 1 aromatic rings. The Balaban J connectivity index is 1.88. The van der Waals surface area contributed by atoms with Crippen LogP contribution in [0.2, 0.25) is 0 Å². The number of hydrogen-bond donors (Lipinski definition) is 2. The van der Waals surface area contributed by atoms with E-state index in [1.807, 2.05) is 0 Å². The monoisotopic (exact) mass is 283 g/mol. The molecule has 1 saturated heterocycles. The molecule has 2 rings (SSSR count). The van der Waals surface area contributed by atoms with Gasteiger partial charge in [0, 0.05) is 24.2 Å². The molecule has 0 aliphatic carbocycles. The molecule has 19 heavy (non-hydrogen) atoms. The highest BCUT2D eigenvalue weighted by molar-refractivity contribution is 7.15. The molecule has 1 aromatic heterocycles. The van der Waals surface area contributed by atoms with E-state index in [-0.39, 0.29) is 12.6 Å². The maximum Gasteiger partial charge on any atom is 0.323 e. The van der Waals surface area contributed by atoms with Crippen molar-refractivity contribution in [2.24, 2.45) is 5.92 Å². The summed E-state index contributed by atoms with van der Waals surface area (Å²) in [7, 11) is 0. The fourth-order valence-corrected chi connectivity index (χ4v) is 2.95. The summed E-state index contributed by atoms with van der Waals surface area (Å²) >= 11 is 1.47. The Morgan fingerprint density at radius 3 is 3.05 bits per heavy atom. The summed E-state index contributed by atoms with van der Waals surface area (Å²) in [6, 6.07) is -0.263. The van der Waals surface area contributed by atoms with E-state index < -0.39 is 11.9 Å². The number of carbonyl (C=O) groups is 2. The second kappa shape index (κ2) is 6.01. The quantitative estimate of drug-likeness (QED) is 0.885. The number of urea groups is 1. The Labute approximate surface area is 115 Å². The van der Waals surface area contributed by atoms with Crippen LogP contribution in [-0.4, -0.2) is 40.1 Å². The van der Waals surface area contributed by atoms with E-state index in [1.165, 1.54) is 16.2 Å². The van der Waals surface area contributed by atoms with Crippen molar-refractivity contribution in [3.05, 3.63) is 11.1 Å². The number of nitrogens with zero attached hydrogens (tertiary/aromatic N) is 2. The number of aromatic nitrogens is 1. The predicted molar refractivity (Wildman–Crippen MR) is 72.4 cm³/mol. The first-order chi connectivity index (χ1) is 9.10. The van der Waals surface area contributed by atoms with Crippen molar-refractivity contribution in [1.82, 2.24) is 9.88 Å². The molecule has 0 spiro atoms. The molecule has 1 aliphatic rings. The number of amides is 2. The number of carboxylic acids is 1. The molecule has 0 aromatic carbocycles. The molecule has 104 valence electrons. The molecule has 0 radical (unpaired) electrons. The van der Waals surface area contributed by atoms with E-state index in [9.17, 15) is 9.59 Å². The molecule has 7 heteroatoms. The van der Waals surface area contributed by atoms with Gasteiger partial charge in [-0.05, 0) is 12.8 Å². The number of carboxylic acid groups (broad SMARTS) is 1. The first kappa shape index (κ1) is 13.8. The highest BCUT2D eigenvalue weighted by Gasteiger charge is 2.31. The Kier molecular flexibility index (Phi) is 4.36. The number of likely N-dealkylation sites (tertiary alicyclic amines) is 1. The molecule has 1 atom stereocenters. The summed E-state index contributed by atoms with van der Waals surface area (Å²) in [5.74, 6) is -1.28. The molecule has 1 aliphatic heterocycles. The average Bonchev–Trinajstić information content (AvgIpc) is 2.98.